The first kappa shape index (κ1) is 9.33. The maximum atomic E-state index is 5.46. The molecule has 0 atom stereocenters. The van der Waals surface area contributed by atoms with Crippen LogP contribution in [0.3, 0.4) is 0 Å². The fourth-order valence-corrected chi connectivity index (χ4v) is 1.28. The second-order valence-corrected chi connectivity index (χ2v) is 3.15. The summed E-state index contributed by atoms with van der Waals surface area (Å²) in [4.78, 5) is 0. The maximum Gasteiger partial charge on any atom is 0.0219 e. The molecule has 0 fully saturated rings. The molecule has 0 unspecified atom stereocenters. The van der Waals surface area contributed by atoms with Crippen LogP contribution >= 0.6 is 0 Å². The smallest absolute Gasteiger partial charge is 0.0219 e. The molecule has 68 valence electrons. The van der Waals surface area contributed by atoms with Gasteiger partial charge in [-0.3, -0.25) is 0 Å². The monoisotopic (exact) mass is 166 g/mol. The van der Waals surface area contributed by atoms with Crippen molar-refractivity contribution in [2.45, 2.75) is 32.7 Å². The van der Waals surface area contributed by atoms with Gasteiger partial charge in [0.25, 0.3) is 0 Å². The fraction of sp³-hybridized carbons (Fsp3) is 0.600. The number of nitrogens with zero attached hydrogens (tertiary/aromatic N) is 1. The zero-order valence-electron chi connectivity index (χ0n) is 7.79. The van der Waals surface area contributed by atoms with Gasteiger partial charge in [-0.2, -0.15) is 0 Å². The molecule has 2 heteroatoms. The summed E-state index contributed by atoms with van der Waals surface area (Å²) in [6, 6.07) is 2.16. The van der Waals surface area contributed by atoms with Crippen molar-refractivity contribution in [3.63, 3.8) is 0 Å². The minimum atomic E-state index is 0.748. The highest BCUT2D eigenvalue weighted by molar-refractivity contribution is 5.10. The van der Waals surface area contributed by atoms with E-state index in [1.165, 1.54) is 18.4 Å². The van der Waals surface area contributed by atoms with Gasteiger partial charge in [-0.05, 0) is 31.0 Å². The van der Waals surface area contributed by atoms with Gasteiger partial charge in [-0.25, -0.2) is 0 Å². The molecular formula is C10H18N2. The van der Waals surface area contributed by atoms with Crippen molar-refractivity contribution < 1.29 is 0 Å². The molecule has 0 saturated heterocycles. The number of hydrogen-bond acceptors (Lipinski definition) is 1. The number of aryl methyl sites for hydroxylation is 1. The zero-order chi connectivity index (χ0) is 8.81. The molecule has 1 heterocycles. The summed E-state index contributed by atoms with van der Waals surface area (Å²) in [6.07, 6.45) is 7.85. The average molecular weight is 166 g/mol. The predicted octanol–water partition coefficient (Wildman–Crippen LogP) is 1.79. The quantitative estimate of drug-likeness (QED) is 0.710. The molecule has 1 aromatic rings. The number of rotatable bonds is 5. The van der Waals surface area contributed by atoms with Gasteiger partial charge >= 0.3 is 0 Å². The lowest BCUT2D eigenvalue weighted by Crippen LogP contribution is -2.01. The summed E-state index contributed by atoms with van der Waals surface area (Å²) < 4.78 is 2.24. The molecule has 0 aromatic carbocycles. The first-order valence-corrected chi connectivity index (χ1v) is 4.71. The first-order valence-electron chi connectivity index (χ1n) is 4.71. The van der Waals surface area contributed by atoms with Crippen LogP contribution in [0.5, 0.6) is 0 Å². The van der Waals surface area contributed by atoms with Gasteiger partial charge in [0, 0.05) is 18.9 Å². The molecule has 0 saturated carbocycles. The SMILES string of the molecule is CCCCn1ccc(CCN)c1. The molecule has 0 aliphatic carbocycles. The summed E-state index contributed by atoms with van der Waals surface area (Å²) in [5, 5.41) is 0. The molecule has 0 radical (unpaired) electrons. The summed E-state index contributed by atoms with van der Waals surface area (Å²) in [5.41, 5.74) is 6.82. The van der Waals surface area contributed by atoms with Crippen LogP contribution in [0.1, 0.15) is 25.3 Å². The minimum Gasteiger partial charge on any atom is -0.354 e. The van der Waals surface area contributed by atoms with E-state index >= 15 is 0 Å². The van der Waals surface area contributed by atoms with Gasteiger partial charge in [0.15, 0.2) is 0 Å². The zero-order valence-corrected chi connectivity index (χ0v) is 7.79. The Morgan fingerprint density at radius 2 is 2.33 bits per heavy atom. The Morgan fingerprint density at radius 1 is 1.50 bits per heavy atom. The standard InChI is InChI=1S/C10H18N2/c1-2-3-7-12-8-5-10(9-12)4-6-11/h5,8-9H,2-4,6-7,11H2,1H3. The van der Waals surface area contributed by atoms with Gasteiger partial charge in [-0.15, -0.1) is 0 Å². The molecule has 1 aromatic heterocycles. The van der Waals surface area contributed by atoms with Crippen molar-refractivity contribution in [3.8, 4) is 0 Å². The Bertz CT molecular complexity index is 215. The topological polar surface area (TPSA) is 30.9 Å². The van der Waals surface area contributed by atoms with E-state index in [4.69, 9.17) is 5.73 Å². The Kier molecular flexibility index (Phi) is 3.88. The number of hydrogen-bond donors (Lipinski definition) is 1. The van der Waals surface area contributed by atoms with Crippen molar-refractivity contribution in [2.75, 3.05) is 6.54 Å². The van der Waals surface area contributed by atoms with Crippen LogP contribution in [-0.2, 0) is 13.0 Å². The summed E-state index contributed by atoms with van der Waals surface area (Å²) >= 11 is 0. The third-order valence-corrected chi connectivity index (χ3v) is 2.01. The summed E-state index contributed by atoms with van der Waals surface area (Å²) in [5.74, 6) is 0. The molecule has 12 heavy (non-hydrogen) atoms. The second-order valence-electron chi connectivity index (χ2n) is 3.15. The van der Waals surface area contributed by atoms with Gasteiger partial charge in [0.2, 0.25) is 0 Å². The highest BCUT2D eigenvalue weighted by atomic mass is 14.9. The van der Waals surface area contributed by atoms with Crippen molar-refractivity contribution in [1.29, 1.82) is 0 Å². The molecule has 0 amide bonds. The molecule has 0 bridgehead atoms. The Labute approximate surface area is 74.4 Å². The number of aromatic nitrogens is 1. The van der Waals surface area contributed by atoms with Crippen LogP contribution in [0.4, 0.5) is 0 Å². The van der Waals surface area contributed by atoms with E-state index in [1.807, 2.05) is 0 Å². The Morgan fingerprint density at radius 3 is 3.00 bits per heavy atom. The van der Waals surface area contributed by atoms with E-state index in [2.05, 4.69) is 30.0 Å². The number of unbranched alkanes of at least 4 members (excludes halogenated alkanes) is 1. The van der Waals surface area contributed by atoms with E-state index in [0.717, 1.165) is 19.5 Å². The van der Waals surface area contributed by atoms with Crippen LogP contribution < -0.4 is 5.73 Å². The molecule has 2 N–H and O–H groups in total. The van der Waals surface area contributed by atoms with Crippen LogP contribution in [-0.4, -0.2) is 11.1 Å². The highest BCUT2D eigenvalue weighted by Gasteiger charge is 1.94. The van der Waals surface area contributed by atoms with E-state index < -0.39 is 0 Å². The van der Waals surface area contributed by atoms with E-state index in [-0.39, 0.29) is 0 Å². The fourth-order valence-electron chi connectivity index (χ4n) is 1.28. The van der Waals surface area contributed by atoms with Gasteiger partial charge in [0.1, 0.15) is 0 Å². The van der Waals surface area contributed by atoms with Gasteiger partial charge in [0.05, 0.1) is 0 Å². The van der Waals surface area contributed by atoms with Gasteiger partial charge in [-0.1, -0.05) is 13.3 Å². The van der Waals surface area contributed by atoms with Crippen molar-refractivity contribution in [1.82, 2.24) is 4.57 Å². The Balaban J connectivity index is 2.41. The lowest BCUT2D eigenvalue weighted by molar-refractivity contribution is 0.633. The third-order valence-electron chi connectivity index (χ3n) is 2.01. The number of nitrogens with two attached hydrogens (primary N) is 1. The molecule has 2 nitrogen and oxygen atoms in total. The second kappa shape index (κ2) is 4.99. The molecular weight excluding hydrogens is 148 g/mol. The van der Waals surface area contributed by atoms with Crippen LogP contribution in [0.25, 0.3) is 0 Å². The molecule has 0 aliphatic rings. The highest BCUT2D eigenvalue weighted by Crippen LogP contribution is 2.03. The van der Waals surface area contributed by atoms with Crippen molar-refractivity contribution in [3.05, 3.63) is 24.0 Å². The predicted molar refractivity (Wildman–Crippen MR) is 52.1 cm³/mol. The average Bonchev–Trinajstić information content (AvgIpc) is 2.50. The van der Waals surface area contributed by atoms with E-state index in [9.17, 15) is 0 Å². The third kappa shape index (κ3) is 2.70. The van der Waals surface area contributed by atoms with E-state index in [1.54, 1.807) is 0 Å². The van der Waals surface area contributed by atoms with Crippen LogP contribution in [0, 0.1) is 0 Å². The minimum absolute atomic E-state index is 0.748. The lowest BCUT2D eigenvalue weighted by Gasteiger charge is -1.99. The molecule has 0 aliphatic heterocycles. The van der Waals surface area contributed by atoms with Crippen molar-refractivity contribution >= 4 is 0 Å². The maximum absolute atomic E-state index is 5.46. The molecule has 1 rings (SSSR count). The molecule has 0 spiro atoms. The Hall–Kier alpha value is -0.760. The van der Waals surface area contributed by atoms with E-state index in [0.29, 0.717) is 0 Å². The lowest BCUT2D eigenvalue weighted by atomic mass is 10.2. The summed E-state index contributed by atoms with van der Waals surface area (Å²) in [6.45, 7) is 4.10. The largest absolute Gasteiger partial charge is 0.354 e. The van der Waals surface area contributed by atoms with Crippen molar-refractivity contribution in [2.24, 2.45) is 5.73 Å². The normalized spacial score (nSPS) is 10.5. The first-order chi connectivity index (χ1) is 5.86. The van der Waals surface area contributed by atoms with Gasteiger partial charge < -0.3 is 10.3 Å². The van der Waals surface area contributed by atoms with Crippen LogP contribution in [0.2, 0.25) is 0 Å². The van der Waals surface area contributed by atoms with Crippen LogP contribution in [0.15, 0.2) is 18.5 Å². The summed E-state index contributed by atoms with van der Waals surface area (Å²) in [7, 11) is 0.